The molecular weight excluding hydrogens is 224 g/mol. The Kier molecular flexibility index (Phi) is 6.90. The minimum absolute atomic E-state index is 0.296. The van der Waals surface area contributed by atoms with E-state index >= 15 is 0 Å². The van der Waals surface area contributed by atoms with Crippen LogP contribution in [0, 0.1) is 0 Å². The minimum Gasteiger partial charge on any atom is -0.374 e. The molecule has 0 aliphatic carbocycles. The van der Waals surface area contributed by atoms with Crippen LogP contribution in [0.2, 0.25) is 0 Å². The van der Waals surface area contributed by atoms with Gasteiger partial charge in [-0.15, -0.1) is 6.58 Å². The third-order valence-corrected chi connectivity index (χ3v) is 3.53. The zero-order chi connectivity index (χ0) is 13.5. The summed E-state index contributed by atoms with van der Waals surface area (Å²) in [7, 11) is 0. The SMILES string of the molecule is C=C(C)CC(NCCC)C1CN(C(C)C)CCO1. The topological polar surface area (TPSA) is 24.5 Å². The molecule has 2 unspecified atom stereocenters. The zero-order valence-corrected chi connectivity index (χ0v) is 12.5. The lowest BCUT2D eigenvalue weighted by Gasteiger charge is -2.39. The molecule has 1 rings (SSSR count). The van der Waals surface area contributed by atoms with E-state index in [0.717, 1.165) is 39.1 Å². The summed E-state index contributed by atoms with van der Waals surface area (Å²) in [5, 5.41) is 3.62. The molecule has 0 saturated carbocycles. The lowest BCUT2D eigenvalue weighted by molar-refractivity contribution is -0.0551. The minimum atomic E-state index is 0.296. The first-order chi connectivity index (χ1) is 8.54. The van der Waals surface area contributed by atoms with Crippen molar-refractivity contribution in [2.75, 3.05) is 26.2 Å². The Balaban J connectivity index is 2.56. The first kappa shape index (κ1) is 15.7. The Morgan fingerprint density at radius 2 is 2.22 bits per heavy atom. The second kappa shape index (κ2) is 7.93. The van der Waals surface area contributed by atoms with Gasteiger partial charge in [-0.2, -0.15) is 0 Å². The van der Waals surface area contributed by atoms with Gasteiger partial charge in [0.25, 0.3) is 0 Å². The van der Waals surface area contributed by atoms with Crippen LogP contribution in [0.5, 0.6) is 0 Å². The third-order valence-electron chi connectivity index (χ3n) is 3.53. The Hall–Kier alpha value is -0.380. The predicted molar refractivity (Wildman–Crippen MR) is 78.0 cm³/mol. The molecule has 1 saturated heterocycles. The van der Waals surface area contributed by atoms with E-state index in [-0.39, 0.29) is 0 Å². The summed E-state index contributed by atoms with van der Waals surface area (Å²) in [5.41, 5.74) is 1.23. The van der Waals surface area contributed by atoms with Crippen LogP contribution in [0.25, 0.3) is 0 Å². The van der Waals surface area contributed by atoms with Gasteiger partial charge in [-0.25, -0.2) is 0 Å². The van der Waals surface area contributed by atoms with Crippen molar-refractivity contribution in [2.24, 2.45) is 0 Å². The summed E-state index contributed by atoms with van der Waals surface area (Å²) in [5.74, 6) is 0. The molecular formula is C15H30N2O. The van der Waals surface area contributed by atoms with Crippen LogP contribution in [0.15, 0.2) is 12.2 Å². The van der Waals surface area contributed by atoms with Crippen molar-refractivity contribution in [2.45, 2.75) is 58.7 Å². The van der Waals surface area contributed by atoms with Crippen LogP contribution in [0.4, 0.5) is 0 Å². The first-order valence-electron chi connectivity index (χ1n) is 7.28. The molecule has 1 N–H and O–H groups in total. The predicted octanol–water partition coefficient (Wildman–Crippen LogP) is 2.43. The van der Waals surface area contributed by atoms with E-state index in [1.165, 1.54) is 5.57 Å². The van der Waals surface area contributed by atoms with E-state index in [1.54, 1.807) is 0 Å². The molecule has 0 radical (unpaired) electrons. The highest BCUT2D eigenvalue weighted by Crippen LogP contribution is 2.16. The summed E-state index contributed by atoms with van der Waals surface area (Å²) in [4.78, 5) is 2.51. The zero-order valence-electron chi connectivity index (χ0n) is 12.5. The van der Waals surface area contributed by atoms with Gasteiger partial charge in [0.1, 0.15) is 0 Å². The van der Waals surface area contributed by atoms with Crippen LogP contribution in [-0.4, -0.2) is 49.3 Å². The average Bonchev–Trinajstić information content (AvgIpc) is 2.34. The maximum absolute atomic E-state index is 5.97. The molecule has 18 heavy (non-hydrogen) atoms. The third kappa shape index (κ3) is 5.09. The van der Waals surface area contributed by atoms with Crippen LogP contribution in [0.1, 0.15) is 40.5 Å². The van der Waals surface area contributed by atoms with Crippen molar-refractivity contribution < 1.29 is 4.74 Å². The van der Waals surface area contributed by atoms with Crippen molar-refractivity contribution in [3.63, 3.8) is 0 Å². The number of ether oxygens (including phenoxy) is 1. The van der Waals surface area contributed by atoms with Crippen molar-refractivity contribution >= 4 is 0 Å². The normalized spacial score (nSPS) is 23.3. The van der Waals surface area contributed by atoms with Crippen molar-refractivity contribution in [1.29, 1.82) is 0 Å². The number of nitrogens with one attached hydrogen (secondary N) is 1. The second-order valence-electron chi connectivity index (χ2n) is 5.72. The maximum atomic E-state index is 5.97. The Morgan fingerprint density at radius 1 is 1.50 bits per heavy atom. The van der Waals surface area contributed by atoms with E-state index in [0.29, 0.717) is 18.2 Å². The standard InChI is InChI=1S/C15H30N2O/c1-6-7-16-14(10-12(2)3)15-11-17(13(4)5)8-9-18-15/h13-16H,2,6-11H2,1,3-5H3. The van der Waals surface area contributed by atoms with E-state index < -0.39 is 0 Å². The van der Waals surface area contributed by atoms with Gasteiger partial charge in [-0.05, 0) is 40.2 Å². The molecule has 0 aromatic carbocycles. The lowest BCUT2D eigenvalue weighted by Crippen LogP contribution is -2.54. The van der Waals surface area contributed by atoms with Gasteiger partial charge >= 0.3 is 0 Å². The smallest absolute Gasteiger partial charge is 0.0858 e. The molecule has 2 atom stereocenters. The van der Waals surface area contributed by atoms with Gasteiger partial charge in [0.2, 0.25) is 0 Å². The van der Waals surface area contributed by atoms with Gasteiger partial charge in [0.05, 0.1) is 12.7 Å². The molecule has 0 spiro atoms. The molecule has 3 nitrogen and oxygen atoms in total. The van der Waals surface area contributed by atoms with E-state index in [9.17, 15) is 0 Å². The molecule has 0 aromatic rings. The number of hydrogen-bond acceptors (Lipinski definition) is 3. The lowest BCUT2D eigenvalue weighted by atomic mass is 10.0. The Labute approximate surface area is 113 Å². The second-order valence-corrected chi connectivity index (χ2v) is 5.72. The summed E-state index contributed by atoms with van der Waals surface area (Å²) in [6.07, 6.45) is 2.47. The highest BCUT2D eigenvalue weighted by Gasteiger charge is 2.28. The summed E-state index contributed by atoms with van der Waals surface area (Å²) in [6.45, 7) is 16.9. The number of hydrogen-bond donors (Lipinski definition) is 1. The molecule has 1 aliphatic rings. The fourth-order valence-corrected chi connectivity index (χ4v) is 2.45. The van der Waals surface area contributed by atoms with E-state index in [4.69, 9.17) is 4.74 Å². The van der Waals surface area contributed by atoms with Crippen LogP contribution in [0.3, 0.4) is 0 Å². The molecule has 3 heteroatoms. The highest BCUT2D eigenvalue weighted by molar-refractivity contribution is 4.97. The molecule has 0 aromatic heterocycles. The van der Waals surface area contributed by atoms with Gasteiger partial charge in [-0.3, -0.25) is 4.90 Å². The molecule has 106 valence electrons. The summed E-state index contributed by atoms with van der Waals surface area (Å²) >= 11 is 0. The van der Waals surface area contributed by atoms with Crippen LogP contribution < -0.4 is 5.32 Å². The van der Waals surface area contributed by atoms with Crippen LogP contribution >= 0.6 is 0 Å². The number of nitrogens with zero attached hydrogens (tertiary/aromatic N) is 1. The van der Waals surface area contributed by atoms with Crippen molar-refractivity contribution in [3.8, 4) is 0 Å². The average molecular weight is 254 g/mol. The first-order valence-corrected chi connectivity index (χ1v) is 7.28. The maximum Gasteiger partial charge on any atom is 0.0858 e. The highest BCUT2D eigenvalue weighted by atomic mass is 16.5. The fourth-order valence-electron chi connectivity index (χ4n) is 2.45. The van der Waals surface area contributed by atoms with E-state index in [2.05, 4.69) is 44.5 Å². The van der Waals surface area contributed by atoms with Gasteiger partial charge in [0, 0.05) is 25.2 Å². The Bertz CT molecular complexity index is 253. The number of rotatable bonds is 7. The quantitative estimate of drug-likeness (QED) is 0.706. The fraction of sp³-hybridized carbons (Fsp3) is 0.867. The summed E-state index contributed by atoms with van der Waals surface area (Å²) in [6, 6.07) is 1.01. The molecule has 1 heterocycles. The number of morpholine rings is 1. The molecule has 0 bridgehead atoms. The summed E-state index contributed by atoms with van der Waals surface area (Å²) < 4.78 is 5.97. The van der Waals surface area contributed by atoms with Gasteiger partial charge in [0.15, 0.2) is 0 Å². The van der Waals surface area contributed by atoms with Crippen LogP contribution in [-0.2, 0) is 4.74 Å². The van der Waals surface area contributed by atoms with E-state index in [1.807, 2.05) is 0 Å². The van der Waals surface area contributed by atoms with Crippen molar-refractivity contribution in [1.82, 2.24) is 10.2 Å². The van der Waals surface area contributed by atoms with Gasteiger partial charge < -0.3 is 10.1 Å². The van der Waals surface area contributed by atoms with Crippen molar-refractivity contribution in [3.05, 3.63) is 12.2 Å². The monoisotopic (exact) mass is 254 g/mol. The largest absolute Gasteiger partial charge is 0.374 e. The molecule has 0 amide bonds. The van der Waals surface area contributed by atoms with Gasteiger partial charge in [-0.1, -0.05) is 12.5 Å². The molecule has 1 aliphatic heterocycles. The Morgan fingerprint density at radius 3 is 2.78 bits per heavy atom. The molecule has 1 fully saturated rings.